The zero-order chi connectivity index (χ0) is 12.7. The third kappa shape index (κ3) is 1.55. The molecule has 0 aliphatic heterocycles. The summed E-state index contributed by atoms with van der Waals surface area (Å²) in [6.07, 6.45) is 3.72. The van der Waals surface area contributed by atoms with Gasteiger partial charge in [0.1, 0.15) is 5.82 Å². The van der Waals surface area contributed by atoms with Crippen molar-refractivity contribution < 1.29 is 0 Å². The van der Waals surface area contributed by atoms with Gasteiger partial charge in [-0.1, -0.05) is 12.1 Å². The normalized spacial score (nSPS) is 11.2. The minimum atomic E-state index is 0.530. The number of anilines is 1. The molecule has 0 atom stereocenters. The Kier molecular flexibility index (Phi) is 2.33. The van der Waals surface area contributed by atoms with E-state index in [0.717, 1.165) is 16.9 Å². The summed E-state index contributed by atoms with van der Waals surface area (Å²) in [7, 11) is 1.98. The van der Waals surface area contributed by atoms with Crippen LogP contribution in [0.25, 0.3) is 11.0 Å². The number of aryl methyl sites for hydroxylation is 2. The fraction of sp³-hybridized carbons (Fsp3) is 0.231. The van der Waals surface area contributed by atoms with Crippen LogP contribution < -0.4 is 5.73 Å². The molecule has 0 aliphatic carbocycles. The van der Waals surface area contributed by atoms with Gasteiger partial charge in [-0.05, 0) is 18.6 Å². The highest BCUT2D eigenvalue weighted by molar-refractivity contribution is 5.81. The second-order valence-electron chi connectivity index (χ2n) is 4.45. The van der Waals surface area contributed by atoms with Gasteiger partial charge in [-0.15, -0.1) is 0 Å². The van der Waals surface area contributed by atoms with Gasteiger partial charge in [0.15, 0.2) is 0 Å². The average Bonchev–Trinajstić information content (AvgIpc) is 2.86. The van der Waals surface area contributed by atoms with Crippen molar-refractivity contribution in [2.24, 2.45) is 7.05 Å². The molecule has 0 saturated carbocycles. The van der Waals surface area contributed by atoms with Crippen LogP contribution >= 0.6 is 0 Å². The van der Waals surface area contributed by atoms with Gasteiger partial charge in [0, 0.05) is 19.4 Å². The molecule has 2 N–H and O–H groups in total. The lowest BCUT2D eigenvalue weighted by atomic mass is 10.2. The fourth-order valence-corrected chi connectivity index (χ4v) is 2.23. The first-order valence-corrected chi connectivity index (χ1v) is 5.84. The van der Waals surface area contributed by atoms with Gasteiger partial charge in [0.25, 0.3) is 0 Å². The zero-order valence-corrected chi connectivity index (χ0v) is 10.5. The van der Waals surface area contributed by atoms with Gasteiger partial charge < -0.3 is 14.9 Å². The summed E-state index contributed by atoms with van der Waals surface area (Å²) in [5.74, 6) is 1.49. The first-order chi connectivity index (χ1) is 8.66. The lowest BCUT2D eigenvalue weighted by molar-refractivity contribution is 0.719. The van der Waals surface area contributed by atoms with Crippen molar-refractivity contribution in [3.63, 3.8) is 0 Å². The summed E-state index contributed by atoms with van der Waals surface area (Å²) in [6, 6.07) is 6.04. The van der Waals surface area contributed by atoms with Crippen LogP contribution in [-0.2, 0) is 13.6 Å². The second kappa shape index (κ2) is 3.87. The number of nitrogens with zero attached hydrogens (tertiary/aromatic N) is 4. The third-order valence-corrected chi connectivity index (χ3v) is 3.22. The Bertz CT molecular complexity index is 707. The van der Waals surface area contributed by atoms with E-state index in [1.165, 1.54) is 5.56 Å². The number of benzene rings is 1. The minimum Gasteiger partial charge on any atom is -0.369 e. The molecule has 0 saturated heterocycles. The molecule has 3 aromatic rings. The lowest BCUT2D eigenvalue weighted by Gasteiger charge is -2.08. The summed E-state index contributed by atoms with van der Waals surface area (Å²) in [4.78, 5) is 8.71. The number of imidazole rings is 2. The molecule has 0 aliphatic rings. The van der Waals surface area contributed by atoms with Crippen molar-refractivity contribution >= 4 is 17.0 Å². The number of hydrogen-bond acceptors (Lipinski definition) is 3. The Morgan fingerprint density at radius 2 is 2.17 bits per heavy atom. The summed E-state index contributed by atoms with van der Waals surface area (Å²) in [6.45, 7) is 2.70. The molecule has 3 rings (SSSR count). The molecule has 0 spiro atoms. The number of hydrogen-bond donors (Lipinski definition) is 1. The fourth-order valence-electron chi connectivity index (χ4n) is 2.23. The first kappa shape index (κ1) is 10.8. The highest BCUT2D eigenvalue weighted by atomic mass is 15.2. The molecule has 2 aromatic heterocycles. The van der Waals surface area contributed by atoms with Gasteiger partial charge in [-0.25, -0.2) is 9.97 Å². The van der Waals surface area contributed by atoms with Crippen LogP contribution in [-0.4, -0.2) is 19.1 Å². The quantitative estimate of drug-likeness (QED) is 0.743. The van der Waals surface area contributed by atoms with E-state index in [-0.39, 0.29) is 0 Å². The molecule has 0 bridgehead atoms. The SMILES string of the molecule is Cc1cccc2nc(N)n(Cc3nccn3C)c12. The topological polar surface area (TPSA) is 61.7 Å². The molecule has 0 radical (unpaired) electrons. The van der Waals surface area contributed by atoms with Crippen LogP contribution in [0.1, 0.15) is 11.4 Å². The average molecular weight is 241 g/mol. The van der Waals surface area contributed by atoms with Gasteiger partial charge in [0.05, 0.1) is 17.6 Å². The monoisotopic (exact) mass is 241 g/mol. The Labute approximate surface area is 105 Å². The number of aromatic nitrogens is 4. The summed E-state index contributed by atoms with van der Waals surface area (Å²) >= 11 is 0. The molecule has 5 heteroatoms. The summed E-state index contributed by atoms with van der Waals surface area (Å²) in [5.41, 5.74) is 9.19. The van der Waals surface area contributed by atoms with E-state index in [9.17, 15) is 0 Å². The number of fused-ring (bicyclic) bond motifs is 1. The van der Waals surface area contributed by atoms with Crippen LogP contribution in [0.5, 0.6) is 0 Å². The minimum absolute atomic E-state index is 0.530. The first-order valence-electron chi connectivity index (χ1n) is 5.84. The second-order valence-corrected chi connectivity index (χ2v) is 4.45. The van der Waals surface area contributed by atoms with Crippen LogP contribution in [0, 0.1) is 6.92 Å². The Morgan fingerprint density at radius 3 is 2.89 bits per heavy atom. The van der Waals surface area contributed by atoms with Crippen molar-refractivity contribution in [3.05, 3.63) is 42.0 Å². The van der Waals surface area contributed by atoms with Crippen LogP contribution in [0.15, 0.2) is 30.6 Å². The van der Waals surface area contributed by atoms with Gasteiger partial charge >= 0.3 is 0 Å². The summed E-state index contributed by atoms with van der Waals surface area (Å²) in [5, 5.41) is 0. The van der Waals surface area contributed by atoms with Crippen LogP contribution in [0.3, 0.4) is 0 Å². The van der Waals surface area contributed by atoms with Crippen molar-refractivity contribution in [3.8, 4) is 0 Å². The van der Waals surface area contributed by atoms with E-state index in [0.29, 0.717) is 12.5 Å². The third-order valence-electron chi connectivity index (χ3n) is 3.22. The van der Waals surface area contributed by atoms with E-state index in [4.69, 9.17) is 5.73 Å². The Balaban J connectivity index is 2.17. The highest BCUT2D eigenvalue weighted by Gasteiger charge is 2.11. The highest BCUT2D eigenvalue weighted by Crippen LogP contribution is 2.22. The maximum absolute atomic E-state index is 6.00. The van der Waals surface area contributed by atoms with E-state index in [1.807, 2.05) is 34.5 Å². The van der Waals surface area contributed by atoms with E-state index >= 15 is 0 Å². The van der Waals surface area contributed by atoms with Gasteiger partial charge in [-0.3, -0.25) is 0 Å². The molecule has 92 valence electrons. The van der Waals surface area contributed by atoms with Gasteiger partial charge in [0.2, 0.25) is 5.95 Å². The molecule has 0 unspecified atom stereocenters. The largest absolute Gasteiger partial charge is 0.369 e. The zero-order valence-electron chi connectivity index (χ0n) is 10.5. The molecule has 2 heterocycles. The van der Waals surface area contributed by atoms with Crippen molar-refractivity contribution in [1.82, 2.24) is 19.1 Å². The van der Waals surface area contributed by atoms with Crippen LogP contribution in [0.2, 0.25) is 0 Å². The molecule has 5 nitrogen and oxygen atoms in total. The number of rotatable bonds is 2. The molecule has 0 amide bonds. The lowest BCUT2D eigenvalue weighted by Crippen LogP contribution is -2.09. The number of nitrogens with two attached hydrogens (primary N) is 1. The smallest absolute Gasteiger partial charge is 0.201 e. The van der Waals surface area contributed by atoms with E-state index in [2.05, 4.69) is 23.0 Å². The predicted octanol–water partition coefficient (Wildman–Crippen LogP) is 1.71. The van der Waals surface area contributed by atoms with Crippen LogP contribution in [0.4, 0.5) is 5.95 Å². The number of nitrogen functional groups attached to an aromatic ring is 1. The molecule has 18 heavy (non-hydrogen) atoms. The van der Waals surface area contributed by atoms with Crippen molar-refractivity contribution in [2.45, 2.75) is 13.5 Å². The summed E-state index contributed by atoms with van der Waals surface area (Å²) < 4.78 is 4.00. The van der Waals surface area contributed by atoms with E-state index in [1.54, 1.807) is 6.20 Å². The Morgan fingerprint density at radius 1 is 1.33 bits per heavy atom. The molecule has 1 aromatic carbocycles. The molecular weight excluding hydrogens is 226 g/mol. The maximum atomic E-state index is 6.00. The maximum Gasteiger partial charge on any atom is 0.201 e. The van der Waals surface area contributed by atoms with E-state index < -0.39 is 0 Å². The predicted molar refractivity (Wildman–Crippen MR) is 71.2 cm³/mol. The standard InChI is InChI=1S/C13H15N5/c1-9-4-3-5-10-12(9)18(13(14)16-10)8-11-15-6-7-17(11)2/h3-7H,8H2,1-2H3,(H2,14,16). The van der Waals surface area contributed by atoms with Crippen molar-refractivity contribution in [1.29, 1.82) is 0 Å². The van der Waals surface area contributed by atoms with Crippen molar-refractivity contribution in [2.75, 3.05) is 5.73 Å². The molecule has 0 fully saturated rings. The number of para-hydroxylation sites is 1. The van der Waals surface area contributed by atoms with Gasteiger partial charge in [-0.2, -0.15) is 0 Å². The Hall–Kier alpha value is -2.30. The molecular formula is C13H15N5.